The van der Waals surface area contributed by atoms with E-state index >= 15 is 0 Å². The zero-order valence-electron chi connectivity index (χ0n) is 20.5. The predicted molar refractivity (Wildman–Crippen MR) is 142 cm³/mol. The number of methoxy groups -OCH3 is 2. The van der Waals surface area contributed by atoms with Gasteiger partial charge in [-0.3, -0.25) is 9.59 Å². The van der Waals surface area contributed by atoms with Crippen molar-refractivity contribution in [2.75, 3.05) is 33.2 Å². The molecule has 3 aromatic carbocycles. The molecule has 1 N–H and O–H groups in total. The van der Waals surface area contributed by atoms with Crippen LogP contribution in [-0.4, -0.2) is 50.0 Å². The van der Waals surface area contributed by atoms with E-state index in [1.807, 2.05) is 67.5 Å². The molecule has 1 saturated heterocycles. The van der Waals surface area contributed by atoms with Gasteiger partial charge < -0.3 is 24.4 Å². The topological polar surface area (TPSA) is 79.3 Å². The van der Waals surface area contributed by atoms with E-state index in [9.17, 15) is 14.7 Å². The van der Waals surface area contributed by atoms with Crippen LogP contribution < -0.4 is 14.4 Å². The van der Waals surface area contributed by atoms with Gasteiger partial charge in [-0.05, 0) is 69.5 Å². The van der Waals surface area contributed by atoms with Crippen LogP contribution in [0.5, 0.6) is 11.5 Å². The number of carbonyl (C=O) groups excluding carboxylic acids is 2. The second kappa shape index (κ2) is 10.5. The molecular weight excluding hydrogens is 524 g/mol. The minimum Gasteiger partial charge on any atom is -0.507 e. The Balaban J connectivity index is 1.83. The maximum atomic E-state index is 13.3. The summed E-state index contributed by atoms with van der Waals surface area (Å²) in [7, 11) is 7.00. The molecule has 4 rings (SSSR count). The second-order valence-corrected chi connectivity index (χ2v) is 9.46. The van der Waals surface area contributed by atoms with Crippen molar-refractivity contribution in [3.05, 3.63) is 93.5 Å². The van der Waals surface area contributed by atoms with Crippen LogP contribution in [0, 0.1) is 0 Å². The van der Waals surface area contributed by atoms with E-state index in [0.717, 1.165) is 16.8 Å². The highest BCUT2D eigenvalue weighted by Crippen LogP contribution is 2.41. The summed E-state index contributed by atoms with van der Waals surface area (Å²) in [6, 6.07) is 19.2. The Morgan fingerprint density at radius 2 is 1.64 bits per heavy atom. The average Bonchev–Trinajstić information content (AvgIpc) is 3.13. The number of carbonyl (C=O) groups is 2. The van der Waals surface area contributed by atoms with Gasteiger partial charge in [-0.1, -0.05) is 24.3 Å². The van der Waals surface area contributed by atoms with Crippen LogP contribution in [-0.2, 0) is 16.1 Å². The first-order chi connectivity index (χ1) is 17.2. The Bertz CT molecular complexity index is 1320. The van der Waals surface area contributed by atoms with Crippen molar-refractivity contribution in [2.24, 2.45) is 0 Å². The first-order valence-electron chi connectivity index (χ1n) is 11.3. The van der Waals surface area contributed by atoms with Gasteiger partial charge in [0.15, 0.2) is 0 Å². The summed E-state index contributed by atoms with van der Waals surface area (Å²) < 4.78 is 11.1. The first kappa shape index (κ1) is 25.3. The first-order valence-corrected chi connectivity index (χ1v) is 12.1. The number of likely N-dealkylation sites (tertiary alicyclic amines) is 1. The van der Waals surface area contributed by atoms with Crippen LogP contribution >= 0.6 is 15.9 Å². The highest BCUT2D eigenvalue weighted by atomic mass is 79.9. The van der Waals surface area contributed by atoms with Gasteiger partial charge in [0.2, 0.25) is 0 Å². The van der Waals surface area contributed by atoms with Gasteiger partial charge in [0.05, 0.1) is 30.3 Å². The van der Waals surface area contributed by atoms with Crippen molar-refractivity contribution >= 4 is 39.1 Å². The molecule has 0 radical (unpaired) electrons. The average molecular weight is 551 g/mol. The number of benzene rings is 3. The molecular formula is C28H27BrN2O5. The molecule has 0 bridgehead atoms. The number of aliphatic hydroxyl groups is 1. The van der Waals surface area contributed by atoms with E-state index in [-0.39, 0.29) is 17.9 Å². The highest BCUT2D eigenvalue weighted by molar-refractivity contribution is 9.10. The molecule has 3 aromatic rings. The van der Waals surface area contributed by atoms with Crippen LogP contribution in [0.1, 0.15) is 22.7 Å². The summed E-state index contributed by atoms with van der Waals surface area (Å²) in [5.41, 5.74) is 2.98. The Morgan fingerprint density at radius 1 is 0.972 bits per heavy atom. The minimum atomic E-state index is -0.760. The number of hydrogen-bond acceptors (Lipinski definition) is 6. The molecule has 1 aliphatic heterocycles. The van der Waals surface area contributed by atoms with Crippen molar-refractivity contribution in [1.29, 1.82) is 0 Å². The number of ketones is 1. The van der Waals surface area contributed by atoms with Crippen molar-refractivity contribution in [1.82, 2.24) is 4.90 Å². The highest BCUT2D eigenvalue weighted by Gasteiger charge is 2.46. The molecule has 186 valence electrons. The summed E-state index contributed by atoms with van der Waals surface area (Å²) in [5.74, 6) is -0.351. The Morgan fingerprint density at radius 3 is 2.19 bits per heavy atom. The number of nitrogens with zero attached hydrogens (tertiary/aromatic N) is 2. The molecule has 36 heavy (non-hydrogen) atoms. The summed E-state index contributed by atoms with van der Waals surface area (Å²) in [5, 5.41) is 11.3. The summed E-state index contributed by atoms with van der Waals surface area (Å²) in [6.07, 6.45) is 0. The van der Waals surface area contributed by atoms with E-state index in [1.165, 1.54) is 4.90 Å². The minimum absolute atomic E-state index is 0.0446. The molecule has 0 aliphatic carbocycles. The maximum Gasteiger partial charge on any atom is 0.295 e. The monoisotopic (exact) mass is 550 g/mol. The number of rotatable bonds is 7. The van der Waals surface area contributed by atoms with Crippen LogP contribution in [0.15, 0.2) is 76.8 Å². The molecule has 1 atom stereocenters. The van der Waals surface area contributed by atoms with Crippen LogP contribution in [0.4, 0.5) is 5.69 Å². The fourth-order valence-corrected chi connectivity index (χ4v) is 4.78. The number of ether oxygens (including phenoxy) is 2. The smallest absolute Gasteiger partial charge is 0.295 e. The van der Waals surface area contributed by atoms with E-state index in [4.69, 9.17) is 9.47 Å². The van der Waals surface area contributed by atoms with Gasteiger partial charge in [-0.25, -0.2) is 0 Å². The van der Waals surface area contributed by atoms with Gasteiger partial charge in [0.25, 0.3) is 11.7 Å². The van der Waals surface area contributed by atoms with E-state index < -0.39 is 17.7 Å². The van der Waals surface area contributed by atoms with Crippen molar-refractivity contribution < 1.29 is 24.2 Å². The Labute approximate surface area is 218 Å². The third kappa shape index (κ3) is 4.81. The van der Waals surface area contributed by atoms with Crippen molar-refractivity contribution in [3.8, 4) is 11.5 Å². The van der Waals surface area contributed by atoms with Gasteiger partial charge in [-0.2, -0.15) is 0 Å². The molecule has 1 amide bonds. The molecule has 0 saturated carbocycles. The van der Waals surface area contributed by atoms with Crippen molar-refractivity contribution in [2.45, 2.75) is 12.6 Å². The zero-order valence-corrected chi connectivity index (χ0v) is 22.1. The summed E-state index contributed by atoms with van der Waals surface area (Å²) in [4.78, 5) is 30.1. The van der Waals surface area contributed by atoms with Gasteiger partial charge >= 0.3 is 0 Å². The standard InChI is InChI=1S/C28H27BrN2O5/c1-30(2)20-10-7-18(8-11-20)25-24(26(32)19-9-14-23(36-4)22(29)15-19)27(33)28(34)31(25)16-17-5-12-21(35-3)13-6-17/h5-15,25,32H,16H2,1-4H3/b26-24-. The summed E-state index contributed by atoms with van der Waals surface area (Å²) >= 11 is 3.42. The molecule has 7 nitrogen and oxygen atoms in total. The molecule has 1 aliphatic rings. The molecule has 1 unspecified atom stereocenters. The van der Waals surface area contributed by atoms with E-state index in [1.54, 1.807) is 32.4 Å². The van der Waals surface area contributed by atoms with Crippen LogP contribution in [0.25, 0.3) is 5.76 Å². The van der Waals surface area contributed by atoms with Crippen molar-refractivity contribution in [3.63, 3.8) is 0 Å². The number of amides is 1. The fourth-order valence-electron chi connectivity index (χ4n) is 4.24. The lowest BCUT2D eigenvalue weighted by Gasteiger charge is -2.26. The number of hydrogen-bond donors (Lipinski definition) is 1. The Hall–Kier alpha value is -3.78. The number of Topliss-reactive ketones (excluding diaryl/α,β-unsaturated/α-hetero) is 1. The largest absolute Gasteiger partial charge is 0.507 e. The predicted octanol–water partition coefficient (Wildman–Crippen LogP) is 5.15. The number of anilines is 1. The lowest BCUT2D eigenvalue weighted by atomic mass is 9.95. The van der Waals surface area contributed by atoms with E-state index in [0.29, 0.717) is 21.5 Å². The third-order valence-corrected chi connectivity index (χ3v) is 6.82. The van der Waals surface area contributed by atoms with Crippen LogP contribution in [0.2, 0.25) is 0 Å². The zero-order chi connectivity index (χ0) is 26.0. The molecule has 8 heteroatoms. The summed E-state index contributed by atoms with van der Waals surface area (Å²) in [6.45, 7) is 0.192. The normalized spacial score (nSPS) is 16.8. The fraction of sp³-hybridized carbons (Fsp3) is 0.214. The molecule has 0 spiro atoms. The lowest BCUT2D eigenvalue weighted by molar-refractivity contribution is -0.140. The third-order valence-electron chi connectivity index (χ3n) is 6.20. The molecule has 0 aromatic heterocycles. The second-order valence-electron chi connectivity index (χ2n) is 8.61. The SMILES string of the molecule is COc1ccc(CN2C(=O)C(=O)/C(=C(\O)c3ccc(OC)c(Br)c3)C2c2ccc(N(C)C)cc2)cc1. The lowest BCUT2D eigenvalue weighted by Crippen LogP contribution is -2.29. The van der Waals surface area contributed by atoms with Crippen LogP contribution in [0.3, 0.4) is 0 Å². The maximum absolute atomic E-state index is 13.3. The Kier molecular flexibility index (Phi) is 7.35. The number of halogens is 1. The quantitative estimate of drug-likeness (QED) is 0.249. The molecule has 1 heterocycles. The van der Waals surface area contributed by atoms with Gasteiger partial charge in [-0.15, -0.1) is 0 Å². The van der Waals surface area contributed by atoms with E-state index in [2.05, 4.69) is 15.9 Å². The van der Waals surface area contributed by atoms with Gasteiger partial charge in [0, 0.05) is 31.9 Å². The molecule has 1 fully saturated rings. The van der Waals surface area contributed by atoms with Gasteiger partial charge in [0.1, 0.15) is 17.3 Å². The number of aliphatic hydroxyl groups excluding tert-OH is 1.